The Morgan fingerprint density at radius 2 is 0.970 bits per heavy atom. The average molecular weight is 917 g/mol. The molecule has 0 saturated carbocycles. The summed E-state index contributed by atoms with van der Waals surface area (Å²) >= 11 is 0. The third kappa shape index (κ3) is 14.9. The Kier molecular flexibility index (Phi) is 18.9. The van der Waals surface area contributed by atoms with E-state index < -0.39 is 36.6 Å². The lowest BCUT2D eigenvalue weighted by Gasteiger charge is -2.25. The van der Waals surface area contributed by atoms with E-state index in [0.717, 1.165) is 33.4 Å². The van der Waals surface area contributed by atoms with E-state index in [1.807, 2.05) is 133 Å². The summed E-state index contributed by atoms with van der Waals surface area (Å²) in [6, 6.07) is 41.8. The summed E-state index contributed by atoms with van der Waals surface area (Å²) in [4.78, 5) is 0. The largest absolute Gasteiger partial charge is 0.491 e. The highest BCUT2D eigenvalue weighted by atomic mass is 16.5. The second-order valence-corrected chi connectivity index (χ2v) is 16.8. The van der Waals surface area contributed by atoms with Crippen LogP contribution in [0.4, 0.5) is 0 Å². The predicted octanol–water partition coefficient (Wildman–Crippen LogP) is 7.72. The molecule has 12 heteroatoms. The van der Waals surface area contributed by atoms with Crippen molar-refractivity contribution in [2.45, 2.75) is 83.6 Å². The second-order valence-electron chi connectivity index (χ2n) is 16.8. The molecular formula is C55H64O12. The summed E-state index contributed by atoms with van der Waals surface area (Å²) in [5, 5.41) is 61.5. The molecule has 0 aliphatic rings. The van der Waals surface area contributed by atoms with Crippen LogP contribution >= 0.6 is 0 Å². The van der Waals surface area contributed by atoms with Crippen molar-refractivity contribution < 1.29 is 59.1 Å². The van der Waals surface area contributed by atoms with E-state index in [9.17, 15) is 30.6 Å². The van der Waals surface area contributed by atoms with E-state index in [1.54, 1.807) is 27.7 Å². The van der Waals surface area contributed by atoms with Crippen LogP contribution in [0.25, 0.3) is 0 Å². The van der Waals surface area contributed by atoms with Crippen molar-refractivity contribution in [2.75, 3.05) is 39.6 Å². The van der Waals surface area contributed by atoms with Crippen molar-refractivity contribution in [3.63, 3.8) is 0 Å². The minimum Gasteiger partial charge on any atom is -0.491 e. The molecule has 0 heterocycles. The third-order valence-corrected chi connectivity index (χ3v) is 10.8. The molecule has 6 unspecified atom stereocenters. The maximum absolute atomic E-state index is 11.3. The van der Waals surface area contributed by atoms with E-state index in [1.165, 1.54) is 0 Å². The van der Waals surface area contributed by atoms with Gasteiger partial charge in [0.15, 0.2) is 0 Å². The summed E-state index contributed by atoms with van der Waals surface area (Å²) in [5.74, 6) is 3.48. The highest BCUT2D eigenvalue weighted by Gasteiger charge is 2.25. The molecule has 0 radical (unpaired) electrons. The van der Waals surface area contributed by atoms with Crippen molar-refractivity contribution in [3.05, 3.63) is 178 Å². The number of rotatable bonds is 26. The van der Waals surface area contributed by atoms with Gasteiger partial charge >= 0.3 is 0 Å². The molecule has 0 aliphatic heterocycles. The minimum atomic E-state index is -0.927. The van der Waals surface area contributed by atoms with Gasteiger partial charge in [0.2, 0.25) is 0 Å². The van der Waals surface area contributed by atoms with Gasteiger partial charge in [-0.3, -0.25) is 0 Å². The number of aliphatic hydroxyl groups excluding tert-OH is 6. The Hall–Kier alpha value is -6.12. The smallest absolute Gasteiger partial charge is 0.149 e. The average Bonchev–Trinajstić information content (AvgIpc) is 3.32. The van der Waals surface area contributed by atoms with Gasteiger partial charge in [0.05, 0.1) is 37.6 Å². The van der Waals surface area contributed by atoms with Crippen LogP contribution in [-0.4, -0.2) is 94.7 Å². The number of aliphatic hydroxyl groups is 6. The number of hydrogen-bond donors (Lipinski definition) is 6. The van der Waals surface area contributed by atoms with E-state index in [-0.39, 0.29) is 39.6 Å². The molecule has 6 atom stereocenters. The third-order valence-electron chi connectivity index (χ3n) is 10.8. The zero-order valence-corrected chi connectivity index (χ0v) is 38.7. The molecule has 0 bridgehead atoms. The number of benzene rings is 6. The molecule has 356 valence electrons. The number of hydrogen-bond acceptors (Lipinski definition) is 12. The number of para-hydroxylation sites is 3. The van der Waals surface area contributed by atoms with Gasteiger partial charge in [-0.25, -0.2) is 0 Å². The molecule has 0 saturated heterocycles. The Morgan fingerprint density at radius 1 is 0.448 bits per heavy atom. The fourth-order valence-corrected chi connectivity index (χ4v) is 7.57. The molecular weight excluding hydrogens is 853 g/mol. The zero-order valence-electron chi connectivity index (χ0n) is 38.7. The van der Waals surface area contributed by atoms with Crippen LogP contribution in [0.15, 0.2) is 133 Å². The zero-order chi connectivity index (χ0) is 47.7. The van der Waals surface area contributed by atoms with Crippen molar-refractivity contribution in [1.82, 2.24) is 0 Å². The molecule has 0 spiro atoms. The molecule has 0 aromatic heterocycles. The molecule has 6 rings (SSSR count). The van der Waals surface area contributed by atoms with Gasteiger partial charge in [0, 0.05) is 18.4 Å². The highest BCUT2D eigenvalue weighted by Crippen LogP contribution is 2.37. The van der Waals surface area contributed by atoms with Gasteiger partial charge in [0.1, 0.15) is 73.1 Å². The van der Waals surface area contributed by atoms with Gasteiger partial charge in [-0.2, -0.15) is 0 Å². The van der Waals surface area contributed by atoms with Crippen LogP contribution in [-0.2, 0) is 19.3 Å². The first kappa shape index (κ1) is 50.3. The molecule has 0 fully saturated rings. The molecule has 6 aromatic carbocycles. The second kappa shape index (κ2) is 25.1. The maximum Gasteiger partial charge on any atom is 0.149 e. The monoisotopic (exact) mass is 916 g/mol. The molecule has 0 amide bonds. The van der Waals surface area contributed by atoms with Crippen molar-refractivity contribution in [2.24, 2.45) is 0 Å². The minimum absolute atomic E-state index is 0.0665. The molecule has 0 aliphatic carbocycles. The van der Waals surface area contributed by atoms with Crippen molar-refractivity contribution in [1.29, 1.82) is 0 Å². The van der Waals surface area contributed by atoms with Crippen LogP contribution in [0, 0.1) is 0 Å². The highest BCUT2D eigenvalue weighted by molar-refractivity contribution is 5.48. The standard InChI is InChI=1S/C55H64O12/c1-36(58)33-63-47-21-17-40(18-22-47)27-41-19-23-48(64-34-37(2)59)31-49(41)54(32-57)66-52-15-9-6-13-44(52)29-46-30-45(20-24-51(46)62-26-25-56)55(39(4)61)67-53-16-10-7-12-43(53)28-42-11-5-8-14-50(42)65-35-38(3)60/h5-24,30-31,36-39,54-61H,25-29,32-35H2,1-4H3. The molecule has 6 N–H and O–H groups in total. The topological polar surface area (TPSA) is 177 Å². The van der Waals surface area contributed by atoms with Gasteiger partial charge in [-0.15, -0.1) is 0 Å². The van der Waals surface area contributed by atoms with Crippen LogP contribution in [0.3, 0.4) is 0 Å². The van der Waals surface area contributed by atoms with Gasteiger partial charge in [-0.05, 0) is 128 Å². The fraction of sp³-hybridized carbons (Fsp3) is 0.345. The Labute approximate surface area is 393 Å². The fourth-order valence-electron chi connectivity index (χ4n) is 7.57. The first-order valence-electron chi connectivity index (χ1n) is 22.8. The van der Waals surface area contributed by atoms with Crippen molar-refractivity contribution >= 4 is 0 Å². The van der Waals surface area contributed by atoms with E-state index >= 15 is 0 Å². The van der Waals surface area contributed by atoms with E-state index in [4.69, 9.17) is 28.4 Å². The molecule has 6 aromatic rings. The molecule has 67 heavy (non-hydrogen) atoms. The van der Waals surface area contributed by atoms with Crippen LogP contribution in [0.1, 0.15) is 84.4 Å². The number of ether oxygens (including phenoxy) is 6. The van der Waals surface area contributed by atoms with E-state index in [2.05, 4.69) is 0 Å². The lowest BCUT2D eigenvalue weighted by molar-refractivity contribution is 0.0474. The summed E-state index contributed by atoms with van der Waals surface area (Å²) in [6.45, 7) is 6.62. The van der Waals surface area contributed by atoms with Crippen LogP contribution in [0.2, 0.25) is 0 Å². The predicted molar refractivity (Wildman–Crippen MR) is 257 cm³/mol. The Morgan fingerprint density at radius 3 is 1.57 bits per heavy atom. The normalized spacial score (nSPS) is 14.0. The van der Waals surface area contributed by atoms with Crippen molar-refractivity contribution in [3.8, 4) is 34.5 Å². The van der Waals surface area contributed by atoms with Gasteiger partial charge in [0.25, 0.3) is 0 Å². The Bertz CT molecular complexity index is 2430. The Balaban J connectivity index is 1.29. The van der Waals surface area contributed by atoms with Gasteiger partial charge < -0.3 is 59.1 Å². The SMILES string of the molecule is CC(O)COc1ccc(Cc2ccc(OCC(C)O)cc2C(CO)Oc2ccccc2Cc2cc(C(Oc3ccccc3Cc3ccccc3OCC(C)O)C(C)O)ccc2OCCO)cc1. The van der Waals surface area contributed by atoms with E-state index in [0.29, 0.717) is 64.9 Å². The quantitative estimate of drug-likeness (QED) is 0.0313. The van der Waals surface area contributed by atoms with Crippen LogP contribution in [0.5, 0.6) is 34.5 Å². The maximum atomic E-state index is 11.3. The summed E-state index contributed by atoms with van der Waals surface area (Å²) in [6.07, 6.45) is -3.12. The first-order valence-corrected chi connectivity index (χ1v) is 22.8. The van der Waals surface area contributed by atoms with Crippen LogP contribution < -0.4 is 28.4 Å². The van der Waals surface area contributed by atoms with Gasteiger partial charge in [-0.1, -0.05) is 78.9 Å². The summed E-state index contributed by atoms with van der Waals surface area (Å²) in [5.41, 5.74) is 6.63. The lowest BCUT2D eigenvalue weighted by Crippen LogP contribution is -2.22. The first-order chi connectivity index (χ1) is 32.4. The lowest BCUT2D eigenvalue weighted by atomic mass is 9.95. The summed E-state index contributed by atoms with van der Waals surface area (Å²) < 4.78 is 37.0. The summed E-state index contributed by atoms with van der Waals surface area (Å²) in [7, 11) is 0. The molecule has 12 nitrogen and oxygen atoms in total.